The number of ether oxygens (including phenoxy) is 1. The van der Waals surface area contributed by atoms with Crippen molar-refractivity contribution in [3.05, 3.63) is 28.8 Å². The molecule has 3 N–H and O–H groups in total. The van der Waals surface area contributed by atoms with Crippen molar-refractivity contribution in [1.82, 2.24) is 9.97 Å². The van der Waals surface area contributed by atoms with Gasteiger partial charge in [-0.05, 0) is 17.9 Å². The number of rotatable bonds is 3. The van der Waals surface area contributed by atoms with E-state index in [-0.39, 0.29) is 11.0 Å². The maximum absolute atomic E-state index is 11.6. The maximum Gasteiger partial charge on any atom is 0.258 e. The molecule has 1 heterocycles. The number of benzene rings is 1. The first-order valence-electron chi connectivity index (χ1n) is 6.26. The molecule has 0 amide bonds. The van der Waals surface area contributed by atoms with Gasteiger partial charge in [0.2, 0.25) is 0 Å². The van der Waals surface area contributed by atoms with Crippen LogP contribution in [-0.4, -0.2) is 16.6 Å². The van der Waals surface area contributed by atoms with Gasteiger partial charge >= 0.3 is 0 Å². The van der Waals surface area contributed by atoms with Gasteiger partial charge in [-0.25, -0.2) is 4.98 Å². The molecule has 0 saturated heterocycles. The third kappa shape index (κ3) is 3.24. The van der Waals surface area contributed by atoms with Crippen LogP contribution in [0, 0.1) is 5.41 Å². The van der Waals surface area contributed by atoms with Gasteiger partial charge in [-0.15, -0.1) is 0 Å². The third-order valence-electron chi connectivity index (χ3n) is 2.88. The van der Waals surface area contributed by atoms with Crippen molar-refractivity contribution >= 4 is 16.6 Å². The minimum Gasteiger partial charge on any atom is -0.491 e. The Labute approximate surface area is 111 Å². The van der Waals surface area contributed by atoms with Gasteiger partial charge in [0, 0.05) is 6.07 Å². The molecule has 0 spiro atoms. The fourth-order valence-corrected chi connectivity index (χ4v) is 1.70. The Hall–Kier alpha value is -2.04. The van der Waals surface area contributed by atoms with E-state index < -0.39 is 0 Å². The smallest absolute Gasteiger partial charge is 0.258 e. The molecule has 0 saturated carbocycles. The Morgan fingerprint density at radius 3 is 2.79 bits per heavy atom. The zero-order valence-corrected chi connectivity index (χ0v) is 11.5. The van der Waals surface area contributed by atoms with Crippen LogP contribution in [0.1, 0.15) is 27.2 Å². The van der Waals surface area contributed by atoms with E-state index in [1.54, 1.807) is 12.1 Å². The van der Waals surface area contributed by atoms with E-state index in [4.69, 9.17) is 10.5 Å². The largest absolute Gasteiger partial charge is 0.491 e. The normalized spacial score (nSPS) is 11.7. The second-order valence-electron chi connectivity index (χ2n) is 5.80. The fraction of sp³-hybridized carbons (Fsp3) is 0.429. The zero-order chi connectivity index (χ0) is 14.0. The number of aromatic nitrogens is 2. The van der Waals surface area contributed by atoms with E-state index in [0.717, 1.165) is 6.42 Å². The van der Waals surface area contributed by atoms with Crippen LogP contribution >= 0.6 is 0 Å². The van der Waals surface area contributed by atoms with Gasteiger partial charge in [0.15, 0.2) is 0 Å². The number of nitrogens with zero attached hydrogens (tertiary/aromatic N) is 1. The minimum absolute atomic E-state index is 0.196. The lowest BCUT2D eigenvalue weighted by atomic mass is 9.93. The summed E-state index contributed by atoms with van der Waals surface area (Å²) in [5.41, 5.74) is 6.96. The van der Waals surface area contributed by atoms with Crippen LogP contribution in [-0.2, 0) is 0 Å². The number of hydrogen-bond acceptors (Lipinski definition) is 4. The SMILES string of the molecule is CC(C)(C)CCOc1cc2nc[nH]c(=O)c2cc1N. The highest BCUT2D eigenvalue weighted by Crippen LogP contribution is 2.26. The van der Waals surface area contributed by atoms with Gasteiger partial charge in [0.1, 0.15) is 5.75 Å². The van der Waals surface area contributed by atoms with Gasteiger partial charge in [0.25, 0.3) is 5.56 Å². The Morgan fingerprint density at radius 2 is 2.11 bits per heavy atom. The zero-order valence-electron chi connectivity index (χ0n) is 11.5. The Bertz CT molecular complexity index is 641. The predicted molar refractivity (Wildman–Crippen MR) is 76.3 cm³/mol. The second-order valence-corrected chi connectivity index (χ2v) is 5.80. The van der Waals surface area contributed by atoms with Crippen LogP contribution < -0.4 is 16.0 Å². The van der Waals surface area contributed by atoms with Crippen LogP contribution in [0.25, 0.3) is 10.9 Å². The molecule has 0 unspecified atom stereocenters. The summed E-state index contributed by atoms with van der Waals surface area (Å²) < 4.78 is 5.68. The molecule has 5 nitrogen and oxygen atoms in total. The van der Waals surface area contributed by atoms with Crippen LogP contribution in [0.2, 0.25) is 0 Å². The summed E-state index contributed by atoms with van der Waals surface area (Å²) in [5.74, 6) is 0.579. The van der Waals surface area contributed by atoms with E-state index in [0.29, 0.717) is 28.9 Å². The number of nitrogen functional groups attached to an aromatic ring is 1. The highest BCUT2D eigenvalue weighted by atomic mass is 16.5. The van der Waals surface area contributed by atoms with Crippen molar-refractivity contribution in [3.63, 3.8) is 0 Å². The highest BCUT2D eigenvalue weighted by Gasteiger charge is 2.11. The van der Waals surface area contributed by atoms with Gasteiger partial charge < -0.3 is 15.5 Å². The van der Waals surface area contributed by atoms with Gasteiger partial charge in [-0.2, -0.15) is 0 Å². The highest BCUT2D eigenvalue weighted by molar-refractivity contribution is 5.84. The quantitative estimate of drug-likeness (QED) is 0.831. The second kappa shape index (κ2) is 4.91. The van der Waals surface area contributed by atoms with Crippen molar-refractivity contribution in [2.24, 2.45) is 5.41 Å². The molecule has 1 aromatic heterocycles. The average Bonchev–Trinajstić information content (AvgIpc) is 2.30. The van der Waals surface area contributed by atoms with Gasteiger partial charge in [0.05, 0.1) is 29.5 Å². The summed E-state index contributed by atoms with van der Waals surface area (Å²) in [6.07, 6.45) is 2.30. The summed E-state index contributed by atoms with van der Waals surface area (Å²) in [4.78, 5) is 18.2. The molecule has 2 rings (SSSR count). The van der Waals surface area contributed by atoms with Crippen LogP contribution in [0.5, 0.6) is 5.75 Å². The molecule has 0 fully saturated rings. The predicted octanol–water partition coefficient (Wildman–Crippen LogP) is 2.32. The van der Waals surface area contributed by atoms with Gasteiger partial charge in [-0.1, -0.05) is 20.8 Å². The first kappa shape index (κ1) is 13.4. The number of nitrogens with one attached hydrogen (secondary N) is 1. The maximum atomic E-state index is 11.6. The van der Waals surface area contributed by atoms with Crippen molar-refractivity contribution in [3.8, 4) is 5.75 Å². The number of H-pyrrole nitrogens is 1. The van der Waals surface area contributed by atoms with E-state index in [1.807, 2.05) is 0 Å². The molecule has 1 aromatic carbocycles. The average molecular weight is 261 g/mol. The molecule has 0 bridgehead atoms. The summed E-state index contributed by atoms with van der Waals surface area (Å²) >= 11 is 0. The number of aromatic amines is 1. The standard InChI is InChI=1S/C14H19N3O2/c1-14(2,3)4-5-19-12-7-11-9(6-10(12)15)13(18)17-8-16-11/h6-8H,4-5,15H2,1-3H3,(H,16,17,18). The lowest BCUT2D eigenvalue weighted by Gasteiger charge is -2.18. The van der Waals surface area contributed by atoms with E-state index in [1.165, 1.54) is 6.33 Å². The molecule has 2 aromatic rings. The molecule has 0 aliphatic rings. The van der Waals surface area contributed by atoms with Gasteiger partial charge in [-0.3, -0.25) is 4.79 Å². The molecular weight excluding hydrogens is 242 g/mol. The lowest BCUT2D eigenvalue weighted by Crippen LogP contribution is -2.12. The summed E-state index contributed by atoms with van der Waals surface area (Å²) in [5, 5.41) is 0.475. The topological polar surface area (TPSA) is 81.0 Å². The third-order valence-corrected chi connectivity index (χ3v) is 2.88. The van der Waals surface area contributed by atoms with Crippen molar-refractivity contribution in [2.75, 3.05) is 12.3 Å². The summed E-state index contributed by atoms with van der Waals surface area (Å²) in [7, 11) is 0. The number of anilines is 1. The number of nitrogens with two attached hydrogens (primary N) is 1. The van der Waals surface area contributed by atoms with Crippen LogP contribution in [0.15, 0.2) is 23.3 Å². The first-order valence-corrected chi connectivity index (χ1v) is 6.26. The molecule has 0 atom stereocenters. The minimum atomic E-state index is -0.196. The molecular formula is C14H19N3O2. The molecule has 5 heteroatoms. The summed E-state index contributed by atoms with van der Waals surface area (Å²) in [6, 6.07) is 3.32. The monoisotopic (exact) mass is 261 g/mol. The Balaban J connectivity index is 2.25. The lowest BCUT2D eigenvalue weighted by molar-refractivity contribution is 0.244. The molecule has 0 radical (unpaired) electrons. The van der Waals surface area contributed by atoms with E-state index in [9.17, 15) is 4.79 Å². The first-order chi connectivity index (χ1) is 8.87. The van der Waals surface area contributed by atoms with Crippen LogP contribution in [0.3, 0.4) is 0 Å². The Kier molecular flexibility index (Phi) is 3.46. The fourth-order valence-electron chi connectivity index (χ4n) is 1.70. The Morgan fingerprint density at radius 1 is 1.37 bits per heavy atom. The van der Waals surface area contributed by atoms with Crippen LogP contribution in [0.4, 0.5) is 5.69 Å². The number of fused-ring (bicyclic) bond motifs is 1. The number of hydrogen-bond donors (Lipinski definition) is 2. The molecule has 19 heavy (non-hydrogen) atoms. The van der Waals surface area contributed by atoms with Crippen molar-refractivity contribution in [1.29, 1.82) is 0 Å². The molecule has 0 aliphatic carbocycles. The molecule has 102 valence electrons. The van der Waals surface area contributed by atoms with E-state index in [2.05, 4.69) is 30.7 Å². The van der Waals surface area contributed by atoms with Crippen molar-refractivity contribution < 1.29 is 4.74 Å². The van der Waals surface area contributed by atoms with E-state index >= 15 is 0 Å². The van der Waals surface area contributed by atoms with Crippen molar-refractivity contribution in [2.45, 2.75) is 27.2 Å². The summed E-state index contributed by atoms with van der Waals surface area (Å²) in [6.45, 7) is 7.05. The molecule has 0 aliphatic heterocycles.